The second-order valence-electron chi connectivity index (χ2n) is 20.1. The van der Waals surface area contributed by atoms with E-state index in [0.717, 1.165) is 64.3 Å². The summed E-state index contributed by atoms with van der Waals surface area (Å²) in [4.78, 5) is 40.5. The number of carbonyl (C=O) groups is 3. The molecule has 0 radical (unpaired) electrons. The minimum absolute atomic E-state index is 0.140. The van der Waals surface area contributed by atoms with Crippen LogP contribution in [-0.2, 0) is 14.4 Å². The molecular weight excluding hydrogens is 823 g/mol. The third-order valence-electron chi connectivity index (χ3n) is 13.4. The van der Waals surface area contributed by atoms with Gasteiger partial charge in [-0.1, -0.05) is 211 Å². The summed E-state index contributed by atoms with van der Waals surface area (Å²) >= 11 is 0. The lowest BCUT2D eigenvalue weighted by molar-refractivity contribution is -0.131. The van der Waals surface area contributed by atoms with Crippen molar-refractivity contribution in [3.8, 4) is 0 Å². The van der Waals surface area contributed by atoms with Gasteiger partial charge in [0.1, 0.15) is 0 Å². The van der Waals surface area contributed by atoms with Gasteiger partial charge >= 0.3 is 0 Å². The van der Waals surface area contributed by atoms with E-state index < -0.39 is 0 Å². The molecule has 0 spiro atoms. The van der Waals surface area contributed by atoms with E-state index in [1.807, 2.05) is 4.90 Å². The molecule has 0 aromatic heterocycles. The molecule has 0 aliphatic rings. The summed E-state index contributed by atoms with van der Waals surface area (Å²) < 4.78 is 0. The molecule has 0 saturated heterocycles. The second-order valence-corrected chi connectivity index (χ2v) is 20.1. The number of carbonyl (C=O) groups excluding carboxylic acids is 3. The normalized spacial score (nSPS) is 11.7. The Labute approximate surface area is 418 Å². The molecule has 6 heteroatoms. The van der Waals surface area contributed by atoms with Crippen molar-refractivity contribution < 1.29 is 14.4 Å². The molecule has 2 N–H and O–H groups in total. The Bertz CT molecular complexity index is 1130. The van der Waals surface area contributed by atoms with Gasteiger partial charge in [-0.3, -0.25) is 14.4 Å². The van der Waals surface area contributed by atoms with Crippen LogP contribution in [0.25, 0.3) is 0 Å². The first-order chi connectivity index (χ1) is 33.0. The van der Waals surface area contributed by atoms with Crippen LogP contribution < -0.4 is 10.6 Å². The van der Waals surface area contributed by atoms with Crippen molar-refractivity contribution in [2.75, 3.05) is 26.2 Å². The van der Waals surface area contributed by atoms with Gasteiger partial charge in [0, 0.05) is 45.4 Å². The Morgan fingerprint density at radius 1 is 0.299 bits per heavy atom. The monoisotopic (exact) mass is 938 g/mol. The van der Waals surface area contributed by atoms with E-state index in [1.54, 1.807) is 0 Å². The number of amides is 3. The lowest BCUT2D eigenvalue weighted by Gasteiger charge is -2.23. The van der Waals surface area contributed by atoms with Crippen LogP contribution in [0.4, 0.5) is 0 Å². The molecule has 0 heterocycles. The maximum absolute atomic E-state index is 13.4. The summed E-state index contributed by atoms with van der Waals surface area (Å²) in [7, 11) is 0. The maximum atomic E-state index is 13.4. The van der Waals surface area contributed by atoms with Gasteiger partial charge in [0.2, 0.25) is 17.7 Å². The lowest BCUT2D eigenvalue weighted by atomic mass is 10.1. The van der Waals surface area contributed by atoms with Crippen molar-refractivity contribution >= 4 is 17.7 Å². The SMILES string of the molecule is CCCCCCCC/C=C\CCCCCCCC(=O)NCCCCN(CCCNC(=O)CCCCCCC/C=C\CCCCCCCC)C(=O)CCCCCCC/C=C\CCCCCCCC. The average Bonchev–Trinajstić information content (AvgIpc) is 3.33. The first-order valence-corrected chi connectivity index (χ1v) is 29.8. The molecule has 0 aromatic carbocycles. The molecule has 0 aromatic rings. The smallest absolute Gasteiger partial charge is 0.222 e. The number of allylic oxidation sites excluding steroid dienone is 6. The number of hydrogen-bond acceptors (Lipinski definition) is 3. The number of rotatable bonds is 54. The predicted octanol–water partition coefficient (Wildman–Crippen LogP) is 18.3. The van der Waals surface area contributed by atoms with Gasteiger partial charge in [-0.15, -0.1) is 0 Å². The second kappa shape index (κ2) is 56.2. The first kappa shape index (κ1) is 64.6. The quantitative estimate of drug-likeness (QED) is 0.0471. The van der Waals surface area contributed by atoms with Gasteiger partial charge in [-0.25, -0.2) is 0 Å². The van der Waals surface area contributed by atoms with Gasteiger partial charge in [0.25, 0.3) is 0 Å². The van der Waals surface area contributed by atoms with Crippen molar-refractivity contribution in [3.63, 3.8) is 0 Å². The molecule has 6 nitrogen and oxygen atoms in total. The van der Waals surface area contributed by atoms with Crippen LogP contribution in [0.15, 0.2) is 36.5 Å². The third kappa shape index (κ3) is 52.8. The molecule has 0 aliphatic heterocycles. The van der Waals surface area contributed by atoms with Gasteiger partial charge in [0.15, 0.2) is 0 Å². The minimum atomic E-state index is 0.140. The Morgan fingerprint density at radius 3 is 0.910 bits per heavy atom. The molecule has 0 fully saturated rings. The van der Waals surface area contributed by atoms with Crippen molar-refractivity contribution in [2.24, 2.45) is 0 Å². The molecular formula is C61H115N3O3. The molecule has 0 atom stereocenters. The summed E-state index contributed by atoms with van der Waals surface area (Å²) in [6.07, 6.45) is 67.7. The fourth-order valence-corrected chi connectivity index (χ4v) is 8.91. The Hall–Kier alpha value is -2.37. The van der Waals surface area contributed by atoms with E-state index in [0.29, 0.717) is 38.9 Å². The summed E-state index contributed by atoms with van der Waals surface area (Å²) in [5.41, 5.74) is 0. The molecule has 67 heavy (non-hydrogen) atoms. The van der Waals surface area contributed by atoms with Gasteiger partial charge in [-0.2, -0.15) is 0 Å². The zero-order valence-corrected chi connectivity index (χ0v) is 45.3. The molecule has 0 bridgehead atoms. The third-order valence-corrected chi connectivity index (χ3v) is 13.4. The number of hydrogen-bond donors (Lipinski definition) is 2. The van der Waals surface area contributed by atoms with E-state index in [2.05, 4.69) is 67.9 Å². The summed E-state index contributed by atoms with van der Waals surface area (Å²) in [5, 5.41) is 6.25. The molecule has 3 amide bonds. The van der Waals surface area contributed by atoms with Gasteiger partial charge < -0.3 is 15.5 Å². The van der Waals surface area contributed by atoms with Crippen molar-refractivity contribution in [2.45, 2.75) is 310 Å². The van der Waals surface area contributed by atoms with Crippen LogP contribution in [0.1, 0.15) is 310 Å². The number of nitrogens with one attached hydrogen (secondary N) is 2. The van der Waals surface area contributed by atoms with Crippen molar-refractivity contribution in [3.05, 3.63) is 36.5 Å². The Morgan fingerprint density at radius 2 is 0.567 bits per heavy atom. The van der Waals surface area contributed by atoms with Crippen LogP contribution in [0, 0.1) is 0 Å². The fourth-order valence-electron chi connectivity index (χ4n) is 8.91. The lowest BCUT2D eigenvalue weighted by Crippen LogP contribution is -2.35. The van der Waals surface area contributed by atoms with Crippen LogP contribution in [-0.4, -0.2) is 48.8 Å². The topological polar surface area (TPSA) is 78.5 Å². The fraction of sp³-hybridized carbons (Fsp3) is 0.852. The highest BCUT2D eigenvalue weighted by Crippen LogP contribution is 2.14. The highest BCUT2D eigenvalue weighted by atomic mass is 16.2. The summed E-state index contributed by atoms with van der Waals surface area (Å²) in [6.45, 7) is 9.51. The number of nitrogens with zero attached hydrogens (tertiary/aromatic N) is 1. The van der Waals surface area contributed by atoms with Gasteiger partial charge in [0.05, 0.1) is 0 Å². The zero-order chi connectivity index (χ0) is 48.6. The minimum Gasteiger partial charge on any atom is -0.356 e. The predicted molar refractivity (Wildman–Crippen MR) is 295 cm³/mol. The van der Waals surface area contributed by atoms with Crippen LogP contribution in [0.5, 0.6) is 0 Å². The van der Waals surface area contributed by atoms with Crippen LogP contribution in [0.3, 0.4) is 0 Å². The highest BCUT2D eigenvalue weighted by Gasteiger charge is 2.13. The largest absolute Gasteiger partial charge is 0.356 e. The molecule has 0 aliphatic carbocycles. The van der Waals surface area contributed by atoms with E-state index in [-0.39, 0.29) is 17.7 Å². The van der Waals surface area contributed by atoms with Crippen LogP contribution in [0.2, 0.25) is 0 Å². The Balaban J connectivity index is 4.33. The van der Waals surface area contributed by atoms with E-state index in [4.69, 9.17) is 0 Å². The van der Waals surface area contributed by atoms with E-state index in [1.165, 1.54) is 212 Å². The van der Waals surface area contributed by atoms with E-state index >= 15 is 0 Å². The standard InChI is InChI=1S/C61H115N3O3/c1-4-7-10-13-16-19-22-25-28-31-34-37-40-43-46-52-59(65)62-55-49-50-57-64(61(67)54-48-45-42-39-36-33-30-27-24-21-18-15-12-9-6-3)58-51-56-63-60(66)53-47-44-41-38-35-32-29-26-23-20-17-14-11-8-5-2/h25-30H,4-24,31-58H2,1-3H3,(H,62,65)(H,63,66)/b28-25-,29-26-,30-27-. The van der Waals surface area contributed by atoms with Crippen LogP contribution >= 0.6 is 0 Å². The zero-order valence-electron chi connectivity index (χ0n) is 45.3. The Kier molecular flexibility index (Phi) is 54.2. The van der Waals surface area contributed by atoms with Gasteiger partial charge in [-0.05, 0) is 116 Å². The van der Waals surface area contributed by atoms with E-state index in [9.17, 15) is 14.4 Å². The highest BCUT2D eigenvalue weighted by molar-refractivity contribution is 5.76. The number of unbranched alkanes of at least 4 members (excludes halogenated alkanes) is 34. The van der Waals surface area contributed by atoms with Crippen molar-refractivity contribution in [1.82, 2.24) is 15.5 Å². The molecule has 0 saturated carbocycles. The summed E-state index contributed by atoms with van der Waals surface area (Å²) in [6, 6.07) is 0. The van der Waals surface area contributed by atoms with Crippen molar-refractivity contribution in [1.29, 1.82) is 0 Å². The maximum Gasteiger partial charge on any atom is 0.222 e. The summed E-state index contributed by atoms with van der Waals surface area (Å²) in [5.74, 6) is 0.541. The molecule has 0 unspecified atom stereocenters. The first-order valence-electron chi connectivity index (χ1n) is 29.8. The average molecular weight is 939 g/mol. The molecule has 392 valence electrons. The molecule has 0 rings (SSSR count).